The number of ketones is 1. The number of hydrogen-bond acceptors (Lipinski definition) is 6. The number of fused-ring (bicyclic) bond motifs is 4. The first kappa shape index (κ1) is 23.6. The second-order valence-corrected chi connectivity index (χ2v) is 10.2. The molecule has 3 aromatic carbocycles. The number of carbonyl (C=O) groups excluding carboxylic acids is 2. The molecule has 1 N–H and O–H groups in total. The van der Waals surface area contributed by atoms with E-state index in [0.717, 1.165) is 12.8 Å². The molecule has 6 rings (SSSR count). The number of nitro groups is 1. The second kappa shape index (κ2) is 8.68. The number of anilines is 1. The number of carbonyl (C=O) groups is 2. The lowest BCUT2D eigenvalue weighted by Crippen LogP contribution is -2.52. The predicted molar refractivity (Wildman–Crippen MR) is 138 cm³/mol. The van der Waals surface area contributed by atoms with Crippen molar-refractivity contribution in [3.63, 3.8) is 0 Å². The van der Waals surface area contributed by atoms with Crippen LogP contribution in [0.4, 0.5) is 11.4 Å². The molecule has 0 aliphatic carbocycles. The van der Waals surface area contributed by atoms with Crippen molar-refractivity contribution in [3.05, 3.63) is 98.6 Å². The Balaban J connectivity index is 1.60. The molecule has 1 spiro atoms. The van der Waals surface area contributed by atoms with Gasteiger partial charge < -0.3 is 10.1 Å². The first-order valence-corrected chi connectivity index (χ1v) is 12.5. The van der Waals surface area contributed by atoms with Crippen LogP contribution in [0.1, 0.15) is 40.2 Å². The van der Waals surface area contributed by atoms with Crippen molar-refractivity contribution in [2.75, 3.05) is 19.0 Å². The van der Waals surface area contributed by atoms with Gasteiger partial charge in [0, 0.05) is 45.9 Å². The van der Waals surface area contributed by atoms with Gasteiger partial charge in [-0.15, -0.1) is 0 Å². The average molecular weight is 518 g/mol. The lowest BCUT2D eigenvalue weighted by atomic mass is 9.68. The Morgan fingerprint density at radius 2 is 1.95 bits per heavy atom. The van der Waals surface area contributed by atoms with E-state index in [1.54, 1.807) is 61.7 Å². The van der Waals surface area contributed by atoms with E-state index in [-0.39, 0.29) is 23.4 Å². The smallest absolute Gasteiger partial charge is 0.269 e. The van der Waals surface area contributed by atoms with E-state index >= 15 is 0 Å². The van der Waals surface area contributed by atoms with Gasteiger partial charge in [0.05, 0.1) is 18.0 Å². The molecule has 0 bridgehead atoms. The zero-order chi connectivity index (χ0) is 25.9. The monoisotopic (exact) mass is 517 g/mol. The summed E-state index contributed by atoms with van der Waals surface area (Å²) in [5, 5.41) is 15.1. The van der Waals surface area contributed by atoms with E-state index in [2.05, 4.69) is 10.2 Å². The number of benzene rings is 3. The SMILES string of the molecule is COc1ccc(C(=O)C2C(c3cccc([N+](=O)[O-])c3)C3CCCN3[C@@]23C(=O)Nc2ccc(Cl)cc23)cc1. The standard InChI is InChI=1S/C28H24ClN3O5/c1-37-20-10-7-16(8-11-20)26(33)25-24(17-4-2-5-19(14-17)32(35)36)23-6-3-13-31(23)28(25)21-15-18(29)9-12-22(21)30-27(28)34/h2,4-5,7-12,14-15,23-25H,3,6,13H2,1H3,(H,30,34)/t23?,24?,25?,28-/m1/s1. The molecule has 2 saturated heterocycles. The van der Waals surface area contributed by atoms with Crippen LogP contribution in [-0.2, 0) is 10.3 Å². The van der Waals surface area contributed by atoms with Crippen molar-refractivity contribution in [3.8, 4) is 5.75 Å². The van der Waals surface area contributed by atoms with Crippen molar-refractivity contribution >= 4 is 34.7 Å². The molecule has 1 amide bonds. The third-order valence-corrected chi connectivity index (χ3v) is 8.32. The summed E-state index contributed by atoms with van der Waals surface area (Å²) in [5.41, 5.74) is 1.11. The highest BCUT2D eigenvalue weighted by Gasteiger charge is 2.69. The van der Waals surface area contributed by atoms with Crippen LogP contribution in [-0.4, -0.2) is 41.2 Å². The number of hydrogen-bond donors (Lipinski definition) is 1. The normalized spacial score (nSPS) is 26.1. The van der Waals surface area contributed by atoms with Gasteiger partial charge in [-0.3, -0.25) is 24.6 Å². The first-order valence-electron chi connectivity index (χ1n) is 12.2. The second-order valence-electron chi connectivity index (χ2n) is 9.76. The van der Waals surface area contributed by atoms with Gasteiger partial charge >= 0.3 is 0 Å². The van der Waals surface area contributed by atoms with Crippen molar-refractivity contribution in [2.45, 2.75) is 30.3 Å². The minimum Gasteiger partial charge on any atom is -0.497 e. The molecule has 3 aliphatic heterocycles. The van der Waals surface area contributed by atoms with Crippen LogP contribution in [0, 0.1) is 16.0 Å². The molecule has 0 aromatic heterocycles. The molecule has 4 atom stereocenters. The van der Waals surface area contributed by atoms with Crippen LogP contribution in [0.25, 0.3) is 0 Å². The molecule has 3 aliphatic rings. The average Bonchev–Trinajstić information content (AvgIpc) is 3.57. The summed E-state index contributed by atoms with van der Waals surface area (Å²) in [4.78, 5) is 41.8. The zero-order valence-electron chi connectivity index (χ0n) is 20.0. The predicted octanol–water partition coefficient (Wildman–Crippen LogP) is 5.17. The Labute approximate surface area is 218 Å². The van der Waals surface area contributed by atoms with E-state index < -0.39 is 22.3 Å². The van der Waals surface area contributed by atoms with Crippen molar-refractivity contribution in [1.82, 2.24) is 4.90 Å². The number of ether oxygens (including phenoxy) is 1. The van der Waals surface area contributed by atoms with E-state index in [1.165, 1.54) is 6.07 Å². The number of amides is 1. The van der Waals surface area contributed by atoms with Crippen LogP contribution < -0.4 is 10.1 Å². The lowest BCUT2D eigenvalue weighted by Gasteiger charge is -2.37. The fraction of sp³-hybridized carbons (Fsp3) is 0.286. The molecule has 2 fully saturated rings. The maximum Gasteiger partial charge on any atom is 0.269 e. The molecule has 9 heteroatoms. The van der Waals surface area contributed by atoms with Gasteiger partial charge in [0.25, 0.3) is 5.69 Å². The summed E-state index contributed by atoms with van der Waals surface area (Å²) < 4.78 is 5.27. The Morgan fingerprint density at radius 3 is 2.68 bits per heavy atom. The minimum absolute atomic E-state index is 0.0436. The molecule has 0 saturated carbocycles. The largest absolute Gasteiger partial charge is 0.497 e. The van der Waals surface area contributed by atoms with E-state index in [0.29, 0.717) is 39.7 Å². The van der Waals surface area contributed by atoms with Gasteiger partial charge in [-0.05, 0) is 67.4 Å². The number of nitro benzene ring substituents is 1. The number of Topliss-reactive ketones (excluding diaryl/α,β-unsaturated/α-hetero) is 1. The Bertz CT molecular complexity index is 1440. The summed E-state index contributed by atoms with van der Waals surface area (Å²) in [7, 11) is 1.55. The molecular formula is C28H24ClN3O5. The van der Waals surface area contributed by atoms with Gasteiger partial charge in [0.2, 0.25) is 5.91 Å². The summed E-state index contributed by atoms with van der Waals surface area (Å²) in [6.45, 7) is 0.627. The Morgan fingerprint density at radius 1 is 1.16 bits per heavy atom. The van der Waals surface area contributed by atoms with Crippen LogP contribution >= 0.6 is 11.6 Å². The van der Waals surface area contributed by atoms with Gasteiger partial charge in [-0.25, -0.2) is 0 Å². The van der Waals surface area contributed by atoms with Gasteiger partial charge in [0.1, 0.15) is 11.3 Å². The summed E-state index contributed by atoms with van der Waals surface area (Å²) in [5.74, 6) is -1.11. The summed E-state index contributed by atoms with van der Waals surface area (Å²) in [6.07, 6.45) is 1.62. The highest BCUT2D eigenvalue weighted by molar-refractivity contribution is 6.31. The highest BCUT2D eigenvalue weighted by Crippen LogP contribution is 2.61. The lowest BCUT2D eigenvalue weighted by molar-refractivity contribution is -0.384. The fourth-order valence-electron chi connectivity index (χ4n) is 6.69. The third kappa shape index (κ3) is 3.39. The van der Waals surface area contributed by atoms with Crippen molar-refractivity contribution < 1.29 is 19.2 Å². The highest BCUT2D eigenvalue weighted by atomic mass is 35.5. The maximum atomic E-state index is 14.5. The number of non-ortho nitro benzene ring substituents is 1. The fourth-order valence-corrected chi connectivity index (χ4v) is 6.86. The van der Waals surface area contributed by atoms with Crippen LogP contribution in [0.15, 0.2) is 66.7 Å². The van der Waals surface area contributed by atoms with Crippen LogP contribution in [0.2, 0.25) is 5.02 Å². The first-order chi connectivity index (χ1) is 17.9. The molecular weight excluding hydrogens is 494 g/mol. The number of nitrogens with zero attached hydrogens (tertiary/aromatic N) is 2. The molecule has 3 unspecified atom stereocenters. The molecule has 3 heterocycles. The Kier molecular flexibility index (Phi) is 5.54. The van der Waals surface area contributed by atoms with Gasteiger partial charge in [0.15, 0.2) is 5.78 Å². The number of methoxy groups -OCH3 is 1. The van der Waals surface area contributed by atoms with Gasteiger partial charge in [-0.1, -0.05) is 23.7 Å². The van der Waals surface area contributed by atoms with E-state index in [4.69, 9.17) is 16.3 Å². The van der Waals surface area contributed by atoms with Crippen molar-refractivity contribution in [2.24, 2.45) is 5.92 Å². The topological polar surface area (TPSA) is 102 Å². The van der Waals surface area contributed by atoms with Crippen LogP contribution in [0.5, 0.6) is 5.75 Å². The summed E-state index contributed by atoms with van der Waals surface area (Å²) >= 11 is 6.43. The van der Waals surface area contributed by atoms with Gasteiger partial charge in [-0.2, -0.15) is 0 Å². The maximum absolute atomic E-state index is 14.5. The number of halogens is 1. The number of nitrogens with one attached hydrogen (secondary N) is 1. The summed E-state index contributed by atoms with van der Waals surface area (Å²) in [6, 6.07) is 18.4. The number of rotatable bonds is 5. The van der Waals surface area contributed by atoms with Crippen molar-refractivity contribution in [1.29, 1.82) is 0 Å². The molecule has 0 radical (unpaired) electrons. The Hall–Kier alpha value is -3.75. The molecule has 37 heavy (non-hydrogen) atoms. The molecule has 188 valence electrons. The van der Waals surface area contributed by atoms with Crippen LogP contribution in [0.3, 0.4) is 0 Å². The molecule has 8 nitrogen and oxygen atoms in total. The third-order valence-electron chi connectivity index (χ3n) is 8.09. The zero-order valence-corrected chi connectivity index (χ0v) is 20.8. The van der Waals surface area contributed by atoms with E-state index in [1.807, 2.05) is 6.07 Å². The quantitative estimate of drug-likeness (QED) is 0.285. The minimum atomic E-state index is -1.28. The van der Waals surface area contributed by atoms with E-state index in [9.17, 15) is 19.7 Å². The molecule has 3 aromatic rings.